The zero-order valence-corrected chi connectivity index (χ0v) is 14.2. The lowest BCUT2D eigenvalue weighted by Crippen LogP contribution is -2.12. The van der Waals surface area contributed by atoms with Crippen molar-refractivity contribution in [3.63, 3.8) is 0 Å². The van der Waals surface area contributed by atoms with E-state index in [1.54, 1.807) is 11.3 Å². The smallest absolute Gasteiger partial charge is 0.0935 e. The first-order valence-electron chi connectivity index (χ1n) is 6.97. The van der Waals surface area contributed by atoms with Crippen molar-refractivity contribution in [2.24, 2.45) is 0 Å². The molecule has 0 bridgehead atoms. The van der Waals surface area contributed by atoms with E-state index in [9.17, 15) is 0 Å². The minimum Gasteiger partial charge on any atom is -0.246 e. The molecule has 0 saturated carbocycles. The van der Waals surface area contributed by atoms with Crippen molar-refractivity contribution >= 4 is 22.9 Å². The molecular formula is C17H22ClNS. The molecule has 1 heterocycles. The molecular weight excluding hydrogens is 286 g/mol. The first-order chi connectivity index (χ1) is 9.40. The summed E-state index contributed by atoms with van der Waals surface area (Å²) in [5.74, 6) is 0.976. The predicted molar refractivity (Wildman–Crippen MR) is 89.2 cm³/mol. The van der Waals surface area contributed by atoms with E-state index >= 15 is 0 Å². The molecule has 0 fully saturated rings. The van der Waals surface area contributed by atoms with Crippen LogP contribution in [0.1, 0.15) is 48.5 Å². The molecule has 1 aromatic carbocycles. The molecule has 2 aromatic rings. The molecule has 1 unspecified atom stereocenters. The van der Waals surface area contributed by atoms with Gasteiger partial charge < -0.3 is 0 Å². The number of aryl methyl sites for hydroxylation is 1. The van der Waals surface area contributed by atoms with Gasteiger partial charge in [-0.25, -0.2) is 4.98 Å². The lowest BCUT2D eigenvalue weighted by Gasteiger charge is -2.15. The minimum absolute atomic E-state index is 0.120. The van der Waals surface area contributed by atoms with Gasteiger partial charge in [-0.3, -0.25) is 0 Å². The summed E-state index contributed by atoms with van der Waals surface area (Å²) >= 11 is 7.93. The Hall–Kier alpha value is -0.860. The van der Waals surface area contributed by atoms with Gasteiger partial charge in [0.05, 0.1) is 10.7 Å². The predicted octanol–water partition coefficient (Wildman–Crippen LogP) is 5.31. The van der Waals surface area contributed by atoms with E-state index in [0.29, 0.717) is 11.8 Å². The van der Waals surface area contributed by atoms with Gasteiger partial charge in [-0.05, 0) is 12.5 Å². The average Bonchev–Trinajstić information content (AvgIpc) is 2.84. The van der Waals surface area contributed by atoms with Crippen LogP contribution in [-0.4, -0.2) is 10.9 Å². The largest absolute Gasteiger partial charge is 0.246 e. The molecule has 0 saturated heterocycles. The van der Waals surface area contributed by atoms with Crippen molar-refractivity contribution in [3.8, 4) is 0 Å². The topological polar surface area (TPSA) is 12.9 Å². The minimum atomic E-state index is 0.120. The Labute approximate surface area is 131 Å². The fraction of sp³-hybridized carbons (Fsp3) is 0.471. The average molecular weight is 308 g/mol. The summed E-state index contributed by atoms with van der Waals surface area (Å²) in [6.45, 7) is 8.72. The number of benzene rings is 1. The van der Waals surface area contributed by atoms with E-state index < -0.39 is 0 Å². The standard InChI is InChI=1S/C17H22ClNS/c1-12-6-5-7-13(8-12)14(10-18)9-16-19-15(11-20-16)17(2,3)4/h5-8,11,14H,9-10H2,1-4H3. The highest BCUT2D eigenvalue weighted by Crippen LogP contribution is 2.28. The summed E-state index contributed by atoms with van der Waals surface area (Å²) in [6.07, 6.45) is 0.924. The maximum absolute atomic E-state index is 6.18. The van der Waals surface area contributed by atoms with Gasteiger partial charge in [-0.2, -0.15) is 0 Å². The lowest BCUT2D eigenvalue weighted by molar-refractivity contribution is 0.569. The van der Waals surface area contributed by atoms with E-state index in [1.807, 2.05) is 0 Å². The number of alkyl halides is 1. The highest BCUT2D eigenvalue weighted by atomic mass is 35.5. The number of nitrogens with zero attached hydrogens (tertiary/aromatic N) is 1. The van der Waals surface area contributed by atoms with Crippen LogP contribution in [0.4, 0.5) is 0 Å². The van der Waals surface area contributed by atoms with Crippen LogP contribution in [-0.2, 0) is 11.8 Å². The van der Waals surface area contributed by atoms with Crippen molar-refractivity contribution in [1.29, 1.82) is 0 Å². The molecule has 1 atom stereocenters. The number of halogens is 1. The molecule has 0 aliphatic heterocycles. The second-order valence-corrected chi connectivity index (χ2v) is 7.60. The van der Waals surface area contributed by atoms with Crippen LogP contribution in [0.3, 0.4) is 0 Å². The molecule has 0 aliphatic rings. The Kier molecular flexibility index (Phi) is 4.87. The van der Waals surface area contributed by atoms with Crippen LogP contribution in [0.2, 0.25) is 0 Å². The molecule has 0 N–H and O–H groups in total. The highest BCUT2D eigenvalue weighted by molar-refractivity contribution is 7.09. The Morgan fingerprint density at radius 2 is 2.05 bits per heavy atom. The third-order valence-corrected chi connectivity index (χ3v) is 4.68. The summed E-state index contributed by atoms with van der Waals surface area (Å²) in [6, 6.07) is 8.62. The monoisotopic (exact) mass is 307 g/mol. The van der Waals surface area contributed by atoms with Crippen LogP contribution in [0.15, 0.2) is 29.6 Å². The second-order valence-electron chi connectivity index (χ2n) is 6.35. The van der Waals surface area contributed by atoms with E-state index in [1.165, 1.54) is 21.8 Å². The van der Waals surface area contributed by atoms with Gasteiger partial charge in [-0.15, -0.1) is 22.9 Å². The summed E-state index contributed by atoms with van der Waals surface area (Å²) in [5.41, 5.74) is 3.89. The van der Waals surface area contributed by atoms with Crippen LogP contribution in [0, 0.1) is 6.92 Å². The molecule has 0 spiro atoms. The summed E-state index contributed by atoms with van der Waals surface area (Å²) < 4.78 is 0. The third kappa shape index (κ3) is 3.83. The maximum Gasteiger partial charge on any atom is 0.0935 e. The molecule has 2 rings (SSSR count). The van der Waals surface area contributed by atoms with Gasteiger partial charge in [0, 0.05) is 29.0 Å². The SMILES string of the molecule is Cc1cccc(C(CCl)Cc2nc(C(C)(C)C)cs2)c1. The van der Waals surface area contributed by atoms with Crippen LogP contribution < -0.4 is 0 Å². The summed E-state index contributed by atoms with van der Waals surface area (Å²) in [7, 11) is 0. The Morgan fingerprint density at radius 1 is 1.30 bits per heavy atom. The third-order valence-electron chi connectivity index (χ3n) is 3.44. The number of thiazole rings is 1. The van der Waals surface area contributed by atoms with Crippen molar-refractivity contribution in [2.75, 3.05) is 5.88 Å². The second kappa shape index (κ2) is 6.28. The highest BCUT2D eigenvalue weighted by Gasteiger charge is 2.19. The Bertz CT molecular complexity index is 568. The van der Waals surface area contributed by atoms with Crippen LogP contribution in [0.5, 0.6) is 0 Å². The number of hydrogen-bond donors (Lipinski definition) is 0. The summed E-state index contributed by atoms with van der Waals surface area (Å²) in [5, 5.41) is 3.36. The maximum atomic E-state index is 6.18. The van der Waals surface area contributed by atoms with E-state index in [4.69, 9.17) is 16.6 Å². The Balaban J connectivity index is 2.16. The van der Waals surface area contributed by atoms with Gasteiger partial charge >= 0.3 is 0 Å². The molecule has 0 radical (unpaired) electrons. The van der Waals surface area contributed by atoms with Gasteiger partial charge in [0.2, 0.25) is 0 Å². The van der Waals surface area contributed by atoms with E-state index in [2.05, 4.69) is 57.3 Å². The van der Waals surface area contributed by atoms with E-state index in [-0.39, 0.29) is 5.41 Å². The number of aromatic nitrogens is 1. The molecule has 1 nitrogen and oxygen atoms in total. The van der Waals surface area contributed by atoms with E-state index in [0.717, 1.165) is 6.42 Å². The van der Waals surface area contributed by atoms with Gasteiger partial charge in [-0.1, -0.05) is 50.6 Å². The molecule has 0 amide bonds. The summed E-state index contributed by atoms with van der Waals surface area (Å²) in [4.78, 5) is 4.78. The first kappa shape index (κ1) is 15.5. The van der Waals surface area contributed by atoms with Crippen molar-refractivity contribution in [1.82, 2.24) is 4.98 Å². The number of rotatable bonds is 4. The lowest BCUT2D eigenvalue weighted by atomic mass is 9.93. The number of hydrogen-bond acceptors (Lipinski definition) is 2. The molecule has 108 valence electrons. The molecule has 20 heavy (non-hydrogen) atoms. The Morgan fingerprint density at radius 3 is 2.60 bits per heavy atom. The zero-order chi connectivity index (χ0) is 14.8. The normalized spacial score (nSPS) is 13.4. The first-order valence-corrected chi connectivity index (χ1v) is 8.39. The van der Waals surface area contributed by atoms with Crippen molar-refractivity contribution < 1.29 is 0 Å². The van der Waals surface area contributed by atoms with Crippen LogP contribution in [0.25, 0.3) is 0 Å². The zero-order valence-electron chi connectivity index (χ0n) is 12.6. The van der Waals surface area contributed by atoms with Crippen molar-refractivity contribution in [3.05, 3.63) is 51.5 Å². The molecule has 0 aliphatic carbocycles. The van der Waals surface area contributed by atoms with Gasteiger partial charge in [0.25, 0.3) is 0 Å². The quantitative estimate of drug-likeness (QED) is 0.697. The molecule has 1 aromatic heterocycles. The van der Waals surface area contributed by atoms with Crippen LogP contribution >= 0.6 is 22.9 Å². The van der Waals surface area contributed by atoms with Gasteiger partial charge in [0.1, 0.15) is 0 Å². The van der Waals surface area contributed by atoms with Gasteiger partial charge in [0.15, 0.2) is 0 Å². The fourth-order valence-electron chi connectivity index (χ4n) is 2.15. The molecule has 3 heteroatoms. The fourth-order valence-corrected chi connectivity index (χ4v) is 3.54. The van der Waals surface area contributed by atoms with Crippen molar-refractivity contribution in [2.45, 2.75) is 45.4 Å².